The van der Waals surface area contributed by atoms with E-state index >= 15 is 0 Å². The molecule has 0 amide bonds. The van der Waals surface area contributed by atoms with Crippen LogP contribution in [0.2, 0.25) is 0 Å². The molecule has 0 unspecified atom stereocenters. The van der Waals surface area contributed by atoms with Gasteiger partial charge in [-0.15, -0.1) is 0 Å². The monoisotopic (exact) mass is 284 g/mol. The van der Waals surface area contributed by atoms with Crippen LogP contribution in [0.4, 0.5) is 5.69 Å². The Morgan fingerprint density at radius 1 is 1.38 bits per heavy atom. The second kappa shape index (κ2) is 6.20. The van der Waals surface area contributed by atoms with Gasteiger partial charge in [0.2, 0.25) is 0 Å². The summed E-state index contributed by atoms with van der Waals surface area (Å²) in [5, 5.41) is 0. The zero-order chi connectivity index (χ0) is 14.7. The number of morpholine rings is 1. The molecule has 1 aliphatic heterocycles. The highest BCUT2D eigenvalue weighted by Crippen LogP contribution is 2.23. The maximum absolute atomic E-state index is 5.91. The lowest BCUT2D eigenvalue weighted by atomic mass is 10.1. The Labute approximate surface area is 124 Å². The first kappa shape index (κ1) is 14.0. The number of nitrogens with two attached hydrogens (primary N) is 1. The number of pyridine rings is 2. The molecular weight excluding hydrogens is 264 g/mol. The average Bonchev–Trinajstić information content (AvgIpc) is 2.47. The Hall–Kier alpha value is -1.98. The van der Waals surface area contributed by atoms with Crippen molar-refractivity contribution in [2.75, 3.05) is 25.4 Å². The third-order valence-corrected chi connectivity index (χ3v) is 3.59. The van der Waals surface area contributed by atoms with Crippen LogP contribution >= 0.6 is 0 Å². The SMILES string of the molecule is Cc1cc(N)cc([C@@H]2CN(Cc3ccccn3)CCO2)n1. The molecule has 0 spiro atoms. The quantitative estimate of drug-likeness (QED) is 0.933. The summed E-state index contributed by atoms with van der Waals surface area (Å²) in [6.45, 7) is 5.21. The van der Waals surface area contributed by atoms with E-state index in [1.807, 2.05) is 43.5 Å². The fourth-order valence-electron chi connectivity index (χ4n) is 2.63. The number of anilines is 1. The summed E-state index contributed by atoms with van der Waals surface area (Å²) in [5.74, 6) is 0. The van der Waals surface area contributed by atoms with Crippen LogP contribution < -0.4 is 5.73 Å². The molecule has 2 aromatic heterocycles. The number of rotatable bonds is 3. The van der Waals surface area contributed by atoms with Crippen molar-refractivity contribution in [3.8, 4) is 0 Å². The van der Waals surface area contributed by atoms with Crippen molar-refractivity contribution in [3.63, 3.8) is 0 Å². The maximum atomic E-state index is 5.91. The second-order valence-corrected chi connectivity index (χ2v) is 5.38. The van der Waals surface area contributed by atoms with Gasteiger partial charge in [0.15, 0.2) is 0 Å². The third-order valence-electron chi connectivity index (χ3n) is 3.59. The smallest absolute Gasteiger partial charge is 0.112 e. The number of nitrogen functional groups attached to an aromatic ring is 1. The summed E-state index contributed by atoms with van der Waals surface area (Å²) >= 11 is 0. The van der Waals surface area contributed by atoms with Crippen LogP contribution in [0.1, 0.15) is 23.2 Å². The third kappa shape index (κ3) is 3.56. The molecule has 2 N–H and O–H groups in total. The predicted molar refractivity (Wildman–Crippen MR) is 81.6 cm³/mol. The molecule has 2 aromatic rings. The number of hydrogen-bond donors (Lipinski definition) is 1. The Bertz CT molecular complexity index is 582. The number of hydrogen-bond acceptors (Lipinski definition) is 5. The minimum absolute atomic E-state index is 0.0235. The zero-order valence-corrected chi connectivity index (χ0v) is 12.2. The van der Waals surface area contributed by atoms with E-state index in [-0.39, 0.29) is 6.10 Å². The van der Waals surface area contributed by atoms with Gasteiger partial charge < -0.3 is 10.5 Å². The summed E-state index contributed by atoms with van der Waals surface area (Å²) in [4.78, 5) is 11.3. The van der Waals surface area contributed by atoms with Crippen LogP contribution in [0.15, 0.2) is 36.5 Å². The number of ether oxygens (including phenoxy) is 1. The molecular formula is C16H20N4O. The van der Waals surface area contributed by atoms with E-state index in [1.165, 1.54) is 0 Å². The lowest BCUT2D eigenvalue weighted by Gasteiger charge is -2.32. The second-order valence-electron chi connectivity index (χ2n) is 5.38. The molecule has 0 saturated carbocycles. The highest BCUT2D eigenvalue weighted by Gasteiger charge is 2.23. The molecule has 3 rings (SSSR count). The van der Waals surface area contributed by atoms with E-state index < -0.39 is 0 Å². The Morgan fingerprint density at radius 2 is 2.29 bits per heavy atom. The summed E-state index contributed by atoms with van der Waals surface area (Å²) < 4.78 is 5.86. The minimum atomic E-state index is -0.0235. The van der Waals surface area contributed by atoms with Crippen molar-refractivity contribution >= 4 is 5.69 Å². The maximum Gasteiger partial charge on any atom is 0.112 e. The van der Waals surface area contributed by atoms with Gasteiger partial charge in [-0.3, -0.25) is 14.9 Å². The van der Waals surface area contributed by atoms with Crippen LogP contribution in [0.3, 0.4) is 0 Å². The Morgan fingerprint density at radius 3 is 3.05 bits per heavy atom. The van der Waals surface area contributed by atoms with Crippen molar-refractivity contribution < 1.29 is 4.74 Å². The Kier molecular flexibility index (Phi) is 4.13. The normalized spacial score (nSPS) is 19.6. The van der Waals surface area contributed by atoms with E-state index in [0.29, 0.717) is 6.61 Å². The van der Waals surface area contributed by atoms with E-state index in [2.05, 4.69) is 14.9 Å². The van der Waals surface area contributed by atoms with Gasteiger partial charge in [0.1, 0.15) is 6.10 Å². The molecule has 110 valence electrons. The molecule has 5 heteroatoms. The zero-order valence-electron chi connectivity index (χ0n) is 12.2. The van der Waals surface area contributed by atoms with Crippen LogP contribution in [0.25, 0.3) is 0 Å². The van der Waals surface area contributed by atoms with Gasteiger partial charge in [-0.25, -0.2) is 0 Å². The first-order chi connectivity index (χ1) is 10.2. The standard InChI is InChI=1S/C16H20N4O/c1-12-8-13(17)9-15(19-12)16-11-20(6-7-21-16)10-14-4-2-3-5-18-14/h2-5,8-9,16H,6-7,10-11H2,1H3,(H2,17,19)/t16-/m0/s1. The minimum Gasteiger partial charge on any atom is -0.399 e. The van der Waals surface area contributed by atoms with Crippen LogP contribution in [0.5, 0.6) is 0 Å². The van der Waals surface area contributed by atoms with Gasteiger partial charge in [-0.1, -0.05) is 6.07 Å². The highest BCUT2D eigenvalue weighted by atomic mass is 16.5. The van der Waals surface area contributed by atoms with E-state index in [1.54, 1.807) is 0 Å². The predicted octanol–water partition coefficient (Wildman–Crippen LogP) is 1.94. The number of aromatic nitrogens is 2. The average molecular weight is 284 g/mol. The fourth-order valence-corrected chi connectivity index (χ4v) is 2.63. The number of nitrogens with zero attached hydrogens (tertiary/aromatic N) is 3. The van der Waals surface area contributed by atoms with Crippen LogP contribution in [-0.2, 0) is 11.3 Å². The van der Waals surface area contributed by atoms with Crippen molar-refractivity contribution in [2.45, 2.75) is 19.6 Å². The van der Waals surface area contributed by atoms with Crippen LogP contribution in [0, 0.1) is 6.92 Å². The molecule has 1 fully saturated rings. The molecule has 0 radical (unpaired) electrons. The first-order valence-electron chi connectivity index (χ1n) is 7.18. The number of aryl methyl sites for hydroxylation is 1. The molecule has 0 aromatic carbocycles. The molecule has 21 heavy (non-hydrogen) atoms. The summed E-state index contributed by atoms with van der Waals surface area (Å²) in [5.41, 5.74) is 9.56. The molecule has 0 aliphatic carbocycles. The molecule has 1 atom stereocenters. The first-order valence-corrected chi connectivity index (χ1v) is 7.18. The van der Waals surface area contributed by atoms with Gasteiger partial charge in [0.25, 0.3) is 0 Å². The molecule has 1 saturated heterocycles. The molecule has 5 nitrogen and oxygen atoms in total. The molecule has 1 aliphatic rings. The summed E-state index contributed by atoms with van der Waals surface area (Å²) in [6.07, 6.45) is 1.81. The van der Waals surface area contributed by atoms with Crippen molar-refractivity contribution in [2.24, 2.45) is 0 Å². The summed E-state index contributed by atoms with van der Waals surface area (Å²) in [7, 11) is 0. The van der Waals surface area contributed by atoms with Gasteiger partial charge >= 0.3 is 0 Å². The van der Waals surface area contributed by atoms with E-state index in [0.717, 1.165) is 42.4 Å². The Balaban J connectivity index is 1.70. The van der Waals surface area contributed by atoms with Crippen molar-refractivity contribution in [1.29, 1.82) is 0 Å². The topological polar surface area (TPSA) is 64.3 Å². The van der Waals surface area contributed by atoms with E-state index in [4.69, 9.17) is 10.5 Å². The fraction of sp³-hybridized carbons (Fsp3) is 0.375. The van der Waals surface area contributed by atoms with Crippen molar-refractivity contribution in [1.82, 2.24) is 14.9 Å². The lowest BCUT2D eigenvalue weighted by Crippen LogP contribution is -2.38. The van der Waals surface area contributed by atoms with Gasteiger partial charge in [-0.05, 0) is 31.2 Å². The van der Waals surface area contributed by atoms with Gasteiger partial charge in [-0.2, -0.15) is 0 Å². The highest BCUT2D eigenvalue weighted by molar-refractivity contribution is 5.40. The molecule has 0 bridgehead atoms. The van der Waals surface area contributed by atoms with Crippen molar-refractivity contribution in [3.05, 3.63) is 53.6 Å². The summed E-state index contributed by atoms with van der Waals surface area (Å²) in [6, 6.07) is 9.78. The van der Waals surface area contributed by atoms with Gasteiger partial charge in [0, 0.05) is 37.2 Å². The lowest BCUT2D eigenvalue weighted by molar-refractivity contribution is -0.0353. The molecule has 3 heterocycles. The van der Waals surface area contributed by atoms with E-state index in [9.17, 15) is 0 Å². The largest absolute Gasteiger partial charge is 0.399 e. The van der Waals surface area contributed by atoms with Gasteiger partial charge in [0.05, 0.1) is 18.0 Å². The van der Waals surface area contributed by atoms with Crippen LogP contribution in [-0.4, -0.2) is 34.6 Å².